The molecule has 0 bridgehead atoms. The Kier molecular flexibility index (Phi) is 2.52. The lowest BCUT2D eigenvalue weighted by Crippen LogP contribution is -2.06. The van der Waals surface area contributed by atoms with Gasteiger partial charge in [0, 0.05) is 29.1 Å². The maximum Gasteiger partial charge on any atom is 0.0516 e. The second-order valence-electron chi connectivity index (χ2n) is 4.44. The molecular weight excluding hydrogens is 264 g/mol. The van der Waals surface area contributed by atoms with Crippen LogP contribution in [0.25, 0.3) is 10.9 Å². The van der Waals surface area contributed by atoms with Gasteiger partial charge in [0.1, 0.15) is 0 Å². The molecule has 1 aromatic heterocycles. The third kappa shape index (κ3) is 1.50. The second kappa shape index (κ2) is 3.90. The molecule has 3 rings (SSSR count). The highest BCUT2D eigenvalue weighted by molar-refractivity contribution is 9.10. The van der Waals surface area contributed by atoms with Crippen LogP contribution in [-0.4, -0.2) is 11.6 Å². The minimum Gasteiger partial charge on any atom is -0.347 e. The first kappa shape index (κ1) is 10.4. The summed E-state index contributed by atoms with van der Waals surface area (Å²) in [5, 5.41) is 4.65. The Labute approximate surface area is 104 Å². The van der Waals surface area contributed by atoms with Crippen molar-refractivity contribution in [3.63, 3.8) is 0 Å². The Balaban J connectivity index is 2.31. The number of nitrogens with one attached hydrogen (secondary N) is 1. The number of aryl methyl sites for hydroxylation is 2. The van der Waals surface area contributed by atoms with Crippen molar-refractivity contribution < 1.29 is 0 Å². The minimum atomic E-state index is 0.944. The smallest absolute Gasteiger partial charge is 0.0516 e. The molecular formula is C13H15BrN2. The monoisotopic (exact) mass is 278 g/mol. The summed E-state index contributed by atoms with van der Waals surface area (Å²) in [4.78, 5) is 0. The van der Waals surface area contributed by atoms with Gasteiger partial charge in [0.05, 0.1) is 5.52 Å². The van der Waals surface area contributed by atoms with E-state index in [4.69, 9.17) is 0 Å². The summed E-state index contributed by atoms with van der Waals surface area (Å²) < 4.78 is 3.61. The van der Waals surface area contributed by atoms with Crippen molar-refractivity contribution in [1.29, 1.82) is 0 Å². The first-order chi connectivity index (χ1) is 7.79. The van der Waals surface area contributed by atoms with Crippen molar-refractivity contribution in [3.05, 3.63) is 33.9 Å². The molecule has 2 aromatic rings. The normalized spacial score (nSPS) is 14.6. The van der Waals surface area contributed by atoms with E-state index in [9.17, 15) is 0 Å². The maximum absolute atomic E-state index is 3.61. The molecule has 0 unspecified atom stereocenters. The molecule has 0 aliphatic carbocycles. The predicted molar refractivity (Wildman–Crippen MR) is 70.7 cm³/mol. The summed E-state index contributed by atoms with van der Waals surface area (Å²) >= 11 is 3.61. The Morgan fingerprint density at radius 2 is 2.31 bits per heavy atom. The third-order valence-electron chi connectivity index (χ3n) is 3.31. The highest BCUT2D eigenvalue weighted by atomic mass is 79.9. The molecule has 0 saturated heterocycles. The molecule has 0 atom stereocenters. The van der Waals surface area contributed by atoms with E-state index >= 15 is 0 Å². The predicted octanol–water partition coefficient (Wildman–Crippen LogP) is 3.07. The van der Waals surface area contributed by atoms with Gasteiger partial charge in [0.15, 0.2) is 0 Å². The van der Waals surface area contributed by atoms with Crippen molar-refractivity contribution in [3.8, 4) is 0 Å². The van der Waals surface area contributed by atoms with E-state index in [0.29, 0.717) is 0 Å². The quantitative estimate of drug-likeness (QED) is 0.894. The molecule has 2 heterocycles. The van der Waals surface area contributed by atoms with Gasteiger partial charge in [0.25, 0.3) is 0 Å². The van der Waals surface area contributed by atoms with Gasteiger partial charge in [-0.2, -0.15) is 0 Å². The minimum absolute atomic E-state index is 0.944. The lowest BCUT2D eigenvalue weighted by Gasteiger charge is -2.15. The standard InChI is InChI=1S/C13H15BrN2/c1-15-7-10-8-16-4-2-3-9-5-11(14)6-12(10)13(9)16/h5-6,8,15H,2-4,7H2,1H3. The first-order valence-electron chi connectivity index (χ1n) is 5.74. The summed E-state index contributed by atoms with van der Waals surface area (Å²) in [7, 11) is 2.00. The Bertz CT molecular complexity index is 542. The molecule has 1 N–H and O–H groups in total. The lowest BCUT2D eigenvalue weighted by molar-refractivity contribution is 0.633. The zero-order chi connectivity index (χ0) is 11.1. The number of rotatable bonds is 2. The summed E-state index contributed by atoms with van der Waals surface area (Å²) in [5.41, 5.74) is 4.33. The number of halogens is 1. The Morgan fingerprint density at radius 3 is 3.12 bits per heavy atom. The molecule has 1 aromatic carbocycles. The van der Waals surface area contributed by atoms with Gasteiger partial charge in [-0.05, 0) is 43.1 Å². The Morgan fingerprint density at radius 1 is 1.44 bits per heavy atom. The van der Waals surface area contributed by atoms with Crippen molar-refractivity contribution in [2.75, 3.05) is 7.05 Å². The van der Waals surface area contributed by atoms with Crippen LogP contribution in [0.1, 0.15) is 17.5 Å². The van der Waals surface area contributed by atoms with Crippen LogP contribution in [0.15, 0.2) is 22.8 Å². The average Bonchev–Trinajstić information content (AvgIpc) is 2.59. The molecule has 2 nitrogen and oxygen atoms in total. The fourth-order valence-corrected chi connectivity index (χ4v) is 3.21. The largest absolute Gasteiger partial charge is 0.347 e. The van der Waals surface area contributed by atoms with Crippen LogP contribution in [0.3, 0.4) is 0 Å². The van der Waals surface area contributed by atoms with E-state index in [0.717, 1.165) is 13.1 Å². The summed E-state index contributed by atoms with van der Waals surface area (Å²) in [5.74, 6) is 0. The van der Waals surface area contributed by atoms with Crippen LogP contribution in [0, 0.1) is 0 Å². The van der Waals surface area contributed by atoms with Crippen LogP contribution >= 0.6 is 15.9 Å². The lowest BCUT2D eigenvalue weighted by atomic mass is 10.0. The van der Waals surface area contributed by atoms with Crippen LogP contribution < -0.4 is 5.32 Å². The number of benzene rings is 1. The second-order valence-corrected chi connectivity index (χ2v) is 5.36. The van der Waals surface area contributed by atoms with Gasteiger partial charge in [-0.1, -0.05) is 15.9 Å². The molecule has 3 heteroatoms. The summed E-state index contributed by atoms with van der Waals surface area (Å²) in [6.45, 7) is 2.11. The maximum atomic E-state index is 3.61. The zero-order valence-corrected chi connectivity index (χ0v) is 11.0. The van der Waals surface area contributed by atoms with Gasteiger partial charge < -0.3 is 9.88 Å². The van der Waals surface area contributed by atoms with Crippen LogP contribution in [0.4, 0.5) is 0 Å². The van der Waals surface area contributed by atoms with E-state index in [1.807, 2.05) is 7.05 Å². The van der Waals surface area contributed by atoms with Crippen molar-refractivity contribution in [2.45, 2.75) is 25.9 Å². The molecule has 0 saturated carbocycles. The van der Waals surface area contributed by atoms with Gasteiger partial charge in [-0.25, -0.2) is 0 Å². The number of hydrogen-bond acceptors (Lipinski definition) is 1. The van der Waals surface area contributed by atoms with Gasteiger partial charge >= 0.3 is 0 Å². The van der Waals surface area contributed by atoms with E-state index in [1.165, 1.54) is 39.3 Å². The van der Waals surface area contributed by atoms with E-state index in [2.05, 4.69) is 44.1 Å². The van der Waals surface area contributed by atoms with E-state index < -0.39 is 0 Å². The van der Waals surface area contributed by atoms with Crippen molar-refractivity contribution in [1.82, 2.24) is 9.88 Å². The first-order valence-corrected chi connectivity index (χ1v) is 6.53. The zero-order valence-electron chi connectivity index (χ0n) is 9.39. The highest BCUT2D eigenvalue weighted by Gasteiger charge is 2.16. The SMILES string of the molecule is CNCc1cn2c3c(cc(Br)cc13)CCC2. The average molecular weight is 279 g/mol. The van der Waals surface area contributed by atoms with E-state index in [1.54, 1.807) is 0 Å². The molecule has 84 valence electrons. The van der Waals surface area contributed by atoms with Crippen LogP contribution in [-0.2, 0) is 19.5 Å². The van der Waals surface area contributed by atoms with Gasteiger partial charge in [-0.3, -0.25) is 0 Å². The highest BCUT2D eigenvalue weighted by Crippen LogP contribution is 2.32. The fourth-order valence-electron chi connectivity index (χ4n) is 2.70. The topological polar surface area (TPSA) is 17.0 Å². The van der Waals surface area contributed by atoms with Crippen molar-refractivity contribution in [2.24, 2.45) is 0 Å². The molecule has 0 radical (unpaired) electrons. The molecule has 0 amide bonds. The summed E-state index contributed by atoms with van der Waals surface area (Å²) in [6, 6.07) is 4.51. The Hall–Kier alpha value is -0.800. The molecule has 0 spiro atoms. The number of aromatic nitrogens is 1. The number of nitrogens with zero attached hydrogens (tertiary/aromatic N) is 1. The van der Waals surface area contributed by atoms with Gasteiger partial charge in [-0.15, -0.1) is 0 Å². The van der Waals surface area contributed by atoms with Crippen LogP contribution in [0.5, 0.6) is 0 Å². The summed E-state index contributed by atoms with van der Waals surface area (Å²) in [6.07, 6.45) is 4.77. The molecule has 1 aliphatic rings. The van der Waals surface area contributed by atoms with E-state index in [-0.39, 0.29) is 0 Å². The van der Waals surface area contributed by atoms with Gasteiger partial charge in [0.2, 0.25) is 0 Å². The number of hydrogen-bond donors (Lipinski definition) is 1. The molecule has 16 heavy (non-hydrogen) atoms. The molecule has 0 fully saturated rings. The fraction of sp³-hybridized carbons (Fsp3) is 0.385. The molecule has 1 aliphatic heterocycles. The third-order valence-corrected chi connectivity index (χ3v) is 3.77. The van der Waals surface area contributed by atoms with Crippen molar-refractivity contribution >= 4 is 26.8 Å². The van der Waals surface area contributed by atoms with Crippen LogP contribution in [0.2, 0.25) is 0 Å².